The maximum Gasteiger partial charge on any atom is 0.314 e. The number of esters is 1. The molecular formula is C18H22N4O3. The molecule has 2 bridgehead atoms. The lowest BCUT2D eigenvalue weighted by Crippen LogP contribution is -2.45. The van der Waals surface area contributed by atoms with Crippen LogP contribution in [0.3, 0.4) is 0 Å². The molecule has 0 aliphatic carbocycles. The Kier molecular flexibility index (Phi) is 3.74. The zero-order valence-electron chi connectivity index (χ0n) is 14.5. The predicted octanol–water partition coefficient (Wildman–Crippen LogP) is 2.29. The van der Waals surface area contributed by atoms with E-state index >= 15 is 0 Å². The van der Waals surface area contributed by atoms with Gasteiger partial charge in [0, 0.05) is 12.1 Å². The molecule has 0 spiro atoms. The Hall–Kier alpha value is -2.44. The van der Waals surface area contributed by atoms with E-state index in [1.165, 1.54) is 0 Å². The second kappa shape index (κ2) is 5.82. The zero-order valence-corrected chi connectivity index (χ0v) is 14.5. The van der Waals surface area contributed by atoms with Crippen LogP contribution in [0.4, 0.5) is 0 Å². The van der Waals surface area contributed by atoms with Gasteiger partial charge < -0.3 is 9.64 Å². The molecule has 25 heavy (non-hydrogen) atoms. The molecule has 1 aromatic heterocycles. The van der Waals surface area contributed by atoms with Crippen molar-refractivity contribution in [3.8, 4) is 0 Å². The van der Waals surface area contributed by atoms with Crippen molar-refractivity contribution in [3.05, 3.63) is 23.8 Å². The third-order valence-corrected chi connectivity index (χ3v) is 5.86. The molecule has 3 heterocycles. The maximum absolute atomic E-state index is 13.3. The lowest BCUT2D eigenvalue weighted by molar-refractivity contribution is -0.157. The van der Waals surface area contributed by atoms with Gasteiger partial charge in [0.05, 0.1) is 17.6 Å². The number of para-hydroxylation sites is 1. The fraction of sp³-hybridized carbons (Fsp3) is 0.556. The topological polar surface area (TPSA) is 88.2 Å². The number of carbonyl (C=O) groups excluding carboxylic acids is 2. The van der Waals surface area contributed by atoms with Crippen molar-refractivity contribution in [1.82, 2.24) is 20.3 Å². The van der Waals surface area contributed by atoms with Crippen LogP contribution < -0.4 is 0 Å². The van der Waals surface area contributed by atoms with Gasteiger partial charge in [0.1, 0.15) is 11.0 Å². The monoisotopic (exact) mass is 342 g/mol. The van der Waals surface area contributed by atoms with Crippen LogP contribution >= 0.6 is 0 Å². The largest absolute Gasteiger partial charge is 0.466 e. The number of amides is 1. The highest BCUT2D eigenvalue weighted by atomic mass is 16.5. The molecule has 1 N–H and O–H groups in total. The Morgan fingerprint density at radius 2 is 2.16 bits per heavy atom. The summed E-state index contributed by atoms with van der Waals surface area (Å²) in [5.74, 6) is -0.228. The van der Waals surface area contributed by atoms with E-state index in [0.717, 1.165) is 12.8 Å². The van der Waals surface area contributed by atoms with Crippen LogP contribution in [0.5, 0.6) is 0 Å². The zero-order chi connectivity index (χ0) is 17.6. The van der Waals surface area contributed by atoms with Crippen molar-refractivity contribution in [2.24, 2.45) is 5.41 Å². The first-order valence-corrected chi connectivity index (χ1v) is 8.91. The van der Waals surface area contributed by atoms with Crippen molar-refractivity contribution in [2.75, 3.05) is 6.61 Å². The fourth-order valence-corrected chi connectivity index (χ4v) is 4.69. The first-order valence-electron chi connectivity index (χ1n) is 8.91. The predicted molar refractivity (Wildman–Crippen MR) is 90.8 cm³/mol. The molecule has 3 atom stereocenters. The van der Waals surface area contributed by atoms with Crippen molar-refractivity contribution in [1.29, 1.82) is 0 Å². The summed E-state index contributed by atoms with van der Waals surface area (Å²) in [5, 5.41) is 10.8. The van der Waals surface area contributed by atoms with Gasteiger partial charge in [0.2, 0.25) is 0 Å². The van der Waals surface area contributed by atoms with Crippen LogP contribution in [-0.4, -0.2) is 50.9 Å². The number of nitrogens with zero attached hydrogens (tertiary/aromatic N) is 3. The second-order valence-electron chi connectivity index (χ2n) is 6.89. The van der Waals surface area contributed by atoms with Gasteiger partial charge in [-0.25, -0.2) is 0 Å². The smallest absolute Gasteiger partial charge is 0.314 e. The molecular weight excluding hydrogens is 320 g/mol. The summed E-state index contributed by atoms with van der Waals surface area (Å²) in [6, 6.07) is 5.40. The molecule has 1 aromatic carbocycles. The van der Waals surface area contributed by atoms with Gasteiger partial charge >= 0.3 is 5.97 Å². The molecule has 2 saturated heterocycles. The SMILES string of the molecule is CCOC(=O)[C@@]1(CC)C[C@H]2CC[C@@H]1N2C(=O)c1cccc2n[nH]nc12. The summed E-state index contributed by atoms with van der Waals surface area (Å²) < 4.78 is 5.36. The number of aromatic amines is 1. The number of benzene rings is 1. The van der Waals surface area contributed by atoms with E-state index in [1.54, 1.807) is 6.07 Å². The normalized spacial score (nSPS) is 27.8. The number of hydrogen-bond acceptors (Lipinski definition) is 5. The summed E-state index contributed by atoms with van der Waals surface area (Å²) >= 11 is 0. The van der Waals surface area contributed by atoms with Crippen molar-refractivity contribution < 1.29 is 14.3 Å². The summed E-state index contributed by atoms with van der Waals surface area (Å²) in [6.45, 7) is 4.20. The third kappa shape index (κ3) is 2.18. The number of carbonyl (C=O) groups is 2. The number of hydrogen-bond donors (Lipinski definition) is 1. The lowest BCUT2D eigenvalue weighted by atomic mass is 9.72. The molecule has 0 unspecified atom stereocenters. The van der Waals surface area contributed by atoms with Crippen molar-refractivity contribution >= 4 is 22.9 Å². The minimum Gasteiger partial charge on any atom is -0.466 e. The van der Waals surface area contributed by atoms with Gasteiger partial charge in [-0.05, 0) is 44.7 Å². The van der Waals surface area contributed by atoms with E-state index in [9.17, 15) is 9.59 Å². The van der Waals surface area contributed by atoms with E-state index in [-0.39, 0.29) is 24.0 Å². The van der Waals surface area contributed by atoms with Crippen LogP contribution in [0.1, 0.15) is 49.9 Å². The molecule has 1 amide bonds. The van der Waals surface area contributed by atoms with Crippen LogP contribution in [0.25, 0.3) is 11.0 Å². The average Bonchev–Trinajstić information content (AvgIpc) is 3.33. The number of H-pyrrole nitrogens is 1. The van der Waals surface area contributed by atoms with E-state index in [0.29, 0.717) is 36.0 Å². The average molecular weight is 342 g/mol. The number of nitrogens with one attached hydrogen (secondary N) is 1. The molecule has 132 valence electrons. The highest BCUT2D eigenvalue weighted by Crippen LogP contribution is 2.53. The Labute approximate surface area is 145 Å². The van der Waals surface area contributed by atoms with Gasteiger partial charge in [0.25, 0.3) is 5.91 Å². The lowest BCUT2D eigenvalue weighted by Gasteiger charge is -2.34. The molecule has 0 saturated carbocycles. The Balaban J connectivity index is 1.71. The van der Waals surface area contributed by atoms with Gasteiger partial charge in [-0.1, -0.05) is 13.0 Å². The summed E-state index contributed by atoms with van der Waals surface area (Å²) in [6.07, 6.45) is 3.16. The maximum atomic E-state index is 13.3. The van der Waals surface area contributed by atoms with Crippen LogP contribution in [0.15, 0.2) is 18.2 Å². The fourth-order valence-electron chi connectivity index (χ4n) is 4.69. The minimum atomic E-state index is -0.577. The molecule has 2 fully saturated rings. The Morgan fingerprint density at radius 3 is 2.92 bits per heavy atom. The summed E-state index contributed by atoms with van der Waals surface area (Å²) in [5.41, 5.74) is 1.22. The first kappa shape index (κ1) is 16.1. The standard InChI is InChI=1S/C18H22N4O3/c1-3-18(17(24)25-4-2)10-11-8-9-14(18)22(11)16(23)12-6-5-7-13-15(12)20-21-19-13/h5-7,11,14H,3-4,8-10H2,1-2H3,(H,19,20,21)/t11-,14+,18+/m1/s1. The highest BCUT2D eigenvalue weighted by Gasteiger charge is 2.61. The molecule has 2 aromatic rings. The van der Waals surface area contributed by atoms with E-state index in [4.69, 9.17) is 4.74 Å². The summed E-state index contributed by atoms with van der Waals surface area (Å²) in [7, 11) is 0. The molecule has 2 aliphatic heterocycles. The minimum absolute atomic E-state index is 0.0633. The first-order chi connectivity index (χ1) is 12.1. The molecule has 2 aliphatic rings. The van der Waals surface area contributed by atoms with Crippen LogP contribution in [-0.2, 0) is 9.53 Å². The molecule has 0 radical (unpaired) electrons. The van der Waals surface area contributed by atoms with E-state index in [1.807, 2.05) is 30.9 Å². The van der Waals surface area contributed by atoms with E-state index in [2.05, 4.69) is 15.4 Å². The Bertz CT molecular complexity index is 833. The molecule has 7 heteroatoms. The highest BCUT2D eigenvalue weighted by molar-refractivity contribution is 6.05. The van der Waals surface area contributed by atoms with Gasteiger partial charge in [-0.2, -0.15) is 15.4 Å². The third-order valence-electron chi connectivity index (χ3n) is 5.86. The molecule has 4 rings (SSSR count). The second-order valence-corrected chi connectivity index (χ2v) is 6.89. The van der Waals surface area contributed by atoms with E-state index < -0.39 is 5.41 Å². The van der Waals surface area contributed by atoms with Crippen molar-refractivity contribution in [2.45, 2.75) is 51.6 Å². The van der Waals surface area contributed by atoms with Gasteiger partial charge in [0.15, 0.2) is 0 Å². The molecule has 7 nitrogen and oxygen atoms in total. The number of ether oxygens (including phenoxy) is 1. The Morgan fingerprint density at radius 1 is 1.32 bits per heavy atom. The summed E-state index contributed by atoms with van der Waals surface area (Å²) in [4.78, 5) is 27.9. The van der Waals surface area contributed by atoms with Crippen LogP contribution in [0, 0.1) is 5.41 Å². The van der Waals surface area contributed by atoms with Crippen LogP contribution in [0.2, 0.25) is 0 Å². The number of aromatic nitrogens is 3. The van der Waals surface area contributed by atoms with Gasteiger partial charge in [-0.3, -0.25) is 9.59 Å². The number of rotatable bonds is 4. The quantitative estimate of drug-likeness (QED) is 0.861. The van der Waals surface area contributed by atoms with Crippen molar-refractivity contribution in [3.63, 3.8) is 0 Å². The van der Waals surface area contributed by atoms with Gasteiger partial charge in [-0.15, -0.1) is 0 Å². The number of fused-ring (bicyclic) bond motifs is 3.